The van der Waals surface area contributed by atoms with E-state index in [1.165, 1.54) is 30.9 Å². The van der Waals surface area contributed by atoms with Crippen LogP contribution < -0.4 is 9.80 Å². The van der Waals surface area contributed by atoms with Crippen LogP contribution in [0, 0.1) is 17.1 Å². The monoisotopic (exact) mass is 452 g/mol. The second-order valence-corrected chi connectivity index (χ2v) is 7.35. The number of carboxylic acid groups (broad SMARTS) is 1. The number of nitriles is 1. The molecule has 12 heteroatoms. The maximum absolute atomic E-state index is 14.2. The number of rotatable bonds is 3. The molecule has 1 aromatic carbocycles. The summed E-state index contributed by atoms with van der Waals surface area (Å²) in [6.07, 6.45) is -3.99. The number of thiocarbonyl (C=S) groups is 1. The number of pyridine rings is 1. The van der Waals surface area contributed by atoms with Gasteiger partial charge in [0.15, 0.2) is 10.8 Å². The topological polar surface area (TPSA) is 97.5 Å². The third-order valence-electron chi connectivity index (χ3n) is 4.65. The molecule has 0 radical (unpaired) electrons. The van der Waals surface area contributed by atoms with Gasteiger partial charge in [-0.25, -0.2) is 14.2 Å². The molecule has 0 spiro atoms. The van der Waals surface area contributed by atoms with Crippen LogP contribution in [0.15, 0.2) is 30.5 Å². The number of anilines is 2. The Kier molecular flexibility index (Phi) is 5.19. The molecule has 1 aliphatic rings. The SMILES string of the molecule is CC1(C)C(=O)N(c2cnc(C#N)c(C(F)(F)F)c2)C(=S)N1c1ccc(C(=O)O)c(F)c1. The summed E-state index contributed by atoms with van der Waals surface area (Å²) in [4.78, 5) is 29.6. The first kappa shape index (κ1) is 22.1. The van der Waals surface area contributed by atoms with Crippen molar-refractivity contribution < 1.29 is 32.3 Å². The number of benzene rings is 1. The van der Waals surface area contributed by atoms with Crippen molar-refractivity contribution in [3.63, 3.8) is 0 Å². The normalized spacial score (nSPS) is 15.9. The molecule has 1 fully saturated rings. The van der Waals surface area contributed by atoms with Gasteiger partial charge in [-0.1, -0.05) is 0 Å². The average molecular weight is 452 g/mol. The number of carbonyl (C=O) groups is 2. The number of hydrogen-bond donors (Lipinski definition) is 1. The molecule has 1 aromatic heterocycles. The van der Waals surface area contributed by atoms with Crippen molar-refractivity contribution in [3.05, 3.63) is 53.1 Å². The fraction of sp³-hybridized carbons (Fsp3) is 0.211. The molecule has 0 aliphatic carbocycles. The van der Waals surface area contributed by atoms with E-state index in [1.807, 2.05) is 0 Å². The van der Waals surface area contributed by atoms with E-state index in [0.717, 1.165) is 23.2 Å². The molecule has 0 bridgehead atoms. The summed E-state index contributed by atoms with van der Waals surface area (Å²) in [7, 11) is 0. The molecule has 2 heterocycles. The van der Waals surface area contributed by atoms with Gasteiger partial charge in [0.05, 0.1) is 23.0 Å². The first-order valence-corrected chi connectivity index (χ1v) is 8.90. The number of carboxylic acids is 1. The minimum absolute atomic E-state index is 0.0333. The van der Waals surface area contributed by atoms with Crippen LogP contribution in [-0.4, -0.2) is 32.6 Å². The highest BCUT2D eigenvalue weighted by atomic mass is 32.1. The molecule has 0 unspecified atom stereocenters. The molecule has 1 saturated heterocycles. The van der Waals surface area contributed by atoms with E-state index in [4.69, 9.17) is 22.6 Å². The summed E-state index contributed by atoms with van der Waals surface area (Å²) in [5, 5.41) is 17.6. The van der Waals surface area contributed by atoms with Gasteiger partial charge in [-0.05, 0) is 50.3 Å². The number of aromatic carboxylic acids is 1. The molecule has 2 aromatic rings. The maximum Gasteiger partial charge on any atom is 0.419 e. The second-order valence-electron chi connectivity index (χ2n) is 6.99. The number of nitrogens with zero attached hydrogens (tertiary/aromatic N) is 4. The minimum atomic E-state index is -4.90. The van der Waals surface area contributed by atoms with Gasteiger partial charge < -0.3 is 10.0 Å². The fourth-order valence-electron chi connectivity index (χ4n) is 3.15. The van der Waals surface area contributed by atoms with E-state index in [2.05, 4.69) is 4.98 Å². The van der Waals surface area contributed by atoms with Gasteiger partial charge in [0.1, 0.15) is 17.4 Å². The van der Waals surface area contributed by atoms with Crippen LogP contribution in [-0.2, 0) is 11.0 Å². The lowest BCUT2D eigenvalue weighted by molar-refractivity contribution is -0.138. The molecule has 1 aliphatic heterocycles. The van der Waals surface area contributed by atoms with Crippen molar-refractivity contribution in [3.8, 4) is 6.07 Å². The second kappa shape index (κ2) is 7.28. The Morgan fingerprint density at radius 3 is 2.42 bits per heavy atom. The summed E-state index contributed by atoms with van der Waals surface area (Å²) >= 11 is 5.30. The Bertz CT molecular complexity index is 1170. The van der Waals surface area contributed by atoms with Gasteiger partial charge >= 0.3 is 12.1 Å². The number of carbonyl (C=O) groups excluding carboxylic acids is 1. The number of hydrogen-bond acceptors (Lipinski definition) is 5. The zero-order valence-corrected chi connectivity index (χ0v) is 16.7. The molecule has 1 N–H and O–H groups in total. The van der Waals surface area contributed by atoms with Crippen LogP contribution in [0.1, 0.15) is 35.5 Å². The number of halogens is 4. The quantitative estimate of drug-likeness (QED) is 0.560. The van der Waals surface area contributed by atoms with Crippen LogP contribution in [0.25, 0.3) is 0 Å². The van der Waals surface area contributed by atoms with Gasteiger partial charge in [0.25, 0.3) is 5.91 Å². The van der Waals surface area contributed by atoms with Crippen LogP contribution in [0.3, 0.4) is 0 Å². The van der Waals surface area contributed by atoms with Gasteiger partial charge in [-0.15, -0.1) is 0 Å². The summed E-state index contributed by atoms with van der Waals surface area (Å²) in [6, 6.07) is 5.02. The molecule has 0 saturated carbocycles. The fourth-order valence-corrected chi connectivity index (χ4v) is 3.68. The van der Waals surface area contributed by atoms with Crippen molar-refractivity contribution in [2.75, 3.05) is 9.80 Å². The highest BCUT2D eigenvalue weighted by Gasteiger charge is 2.51. The van der Waals surface area contributed by atoms with E-state index in [9.17, 15) is 27.2 Å². The molecular formula is C19H12F4N4O3S. The number of aromatic nitrogens is 1. The molecular weight excluding hydrogens is 440 g/mol. The summed E-state index contributed by atoms with van der Waals surface area (Å²) in [6.45, 7) is 2.85. The third kappa shape index (κ3) is 3.57. The first-order chi connectivity index (χ1) is 14.3. The summed E-state index contributed by atoms with van der Waals surface area (Å²) in [5.41, 5.74) is -4.53. The maximum atomic E-state index is 14.2. The average Bonchev–Trinajstić information content (AvgIpc) is 2.84. The van der Waals surface area contributed by atoms with Crippen LogP contribution in [0.4, 0.5) is 28.9 Å². The van der Waals surface area contributed by atoms with Crippen molar-refractivity contribution in [1.82, 2.24) is 4.98 Å². The minimum Gasteiger partial charge on any atom is -0.478 e. The first-order valence-electron chi connectivity index (χ1n) is 8.49. The predicted octanol–water partition coefficient (Wildman–Crippen LogP) is 3.73. The van der Waals surface area contributed by atoms with Crippen LogP contribution >= 0.6 is 12.2 Å². The highest BCUT2D eigenvalue weighted by molar-refractivity contribution is 7.81. The van der Waals surface area contributed by atoms with E-state index >= 15 is 0 Å². The predicted molar refractivity (Wildman–Crippen MR) is 104 cm³/mol. The smallest absolute Gasteiger partial charge is 0.419 e. The van der Waals surface area contributed by atoms with E-state index < -0.39 is 46.2 Å². The number of alkyl halides is 3. The number of amides is 1. The Labute approximate surface area is 178 Å². The van der Waals surface area contributed by atoms with Crippen molar-refractivity contribution in [1.29, 1.82) is 5.26 Å². The van der Waals surface area contributed by atoms with E-state index in [-0.39, 0.29) is 16.5 Å². The largest absolute Gasteiger partial charge is 0.478 e. The lowest BCUT2D eigenvalue weighted by Crippen LogP contribution is -2.44. The van der Waals surface area contributed by atoms with Crippen LogP contribution in [0.2, 0.25) is 0 Å². The van der Waals surface area contributed by atoms with Gasteiger partial charge in [0, 0.05) is 5.69 Å². The molecule has 7 nitrogen and oxygen atoms in total. The summed E-state index contributed by atoms with van der Waals surface area (Å²) in [5.74, 6) is -3.29. The lowest BCUT2D eigenvalue weighted by atomic mass is 10.0. The van der Waals surface area contributed by atoms with Crippen molar-refractivity contribution in [2.24, 2.45) is 0 Å². The molecule has 1 amide bonds. The highest BCUT2D eigenvalue weighted by Crippen LogP contribution is 2.39. The molecule has 3 rings (SSSR count). The van der Waals surface area contributed by atoms with Crippen molar-refractivity contribution in [2.45, 2.75) is 25.6 Å². The van der Waals surface area contributed by atoms with E-state index in [0.29, 0.717) is 6.07 Å². The Morgan fingerprint density at radius 1 is 1.26 bits per heavy atom. The molecule has 31 heavy (non-hydrogen) atoms. The Hall–Kier alpha value is -3.59. The Balaban J connectivity index is 2.12. The standard InChI is InChI=1S/C19H12F4N4O3S/c1-18(2)16(30)26(10-5-12(19(21,22)23)14(7-24)25-8-10)17(31)27(18)9-3-4-11(15(28)29)13(20)6-9/h3-6,8H,1-2H3,(H,28,29). The van der Waals surface area contributed by atoms with E-state index in [1.54, 1.807) is 0 Å². The van der Waals surface area contributed by atoms with Crippen LogP contribution in [0.5, 0.6) is 0 Å². The lowest BCUT2D eigenvalue weighted by Gasteiger charge is -2.29. The third-order valence-corrected chi connectivity index (χ3v) is 5.02. The van der Waals surface area contributed by atoms with Crippen molar-refractivity contribution >= 4 is 40.6 Å². The van der Waals surface area contributed by atoms with Gasteiger partial charge in [-0.3, -0.25) is 9.69 Å². The zero-order valence-electron chi connectivity index (χ0n) is 15.9. The zero-order chi connectivity index (χ0) is 23.3. The van der Waals surface area contributed by atoms with Gasteiger partial charge in [0.2, 0.25) is 0 Å². The molecule has 160 valence electrons. The Morgan fingerprint density at radius 2 is 1.90 bits per heavy atom. The molecule has 0 atom stereocenters. The van der Waals surface area contributed by atoms with Gasteiger partial charge in [-0.2, -0.15) is 18.4 Å². The summed E-state index contributed by atoms with van der Waals surface area (Å²) < 4.78 is 54.1.